The van der Waals surface area contributed by atoms with Crippen LogP contribution in [-0.4, -0.2) is 12.2 Å². The number of allylic oxidation sites excluding steroid dienone is 1. The molecule has 0 saturated carbocycles. The van der Waals surface area contributed by atoms with Crippen molar-refractivity contribution in [3.63, 3.8) is 0 Å². The van der Waals surface area contributed by atoms with E-state index in [1.807, 2.05) is 30.3 Å². The monoisotopic (exact) mass is 296 g/mol. The molecule has 0 spiro atoms. The Hall–Kier alpha value is -2.75. The third kappa shape index (κ3) is 4.38. The van der Waals surface area contributed by atoms with Gasteiger partial charge in [-0.2, -0.15) is 15.8 Å². The number of hydrogen-bond donors (Lipinski definition) is 1. The highest BCUT2D eigenvalue weighted by Gasteiger charge is 2.22. The average Bonchev–Trinajstić information content (AvgIpc) is 2.54. The fourth-order valence-electron chi connectivity index (χ4n) is 1.59. The van der Waals surface area contributed by atoms with Crippen LogP contribution in [0, 0.1) is 39.9 Å². The van der Waals surface area contributed by atoms with E-state index in [0.29, 0.717) is 0 Å². The largest absolute Gasteiger partial charge is 0.347 e. The highest BCUT2D eigenvalue weighted by atomic mass is 32.2. The lowest BCUT2D eigenvalue weighted by Gasteiger charge is -2.09. The van der Waals surface area contributed by atoms with Crippen LogP contribution in [0.4, 0.5) is 0 Å². The molecular weight excluding hydrogens is 284 g/mol. The number of nitrogens with zero attached hydrogens (tertiary/aromatic N) is 3. The smallest absolute Gasteiger partial charge is 0.263 e. The van der Waals surface area contributed by atoms with Gasteiger partial charge in [0, 0.05) is 11.4 Å². The molecule has 0 unspecified atom stereocenters. The van der Waals surface area contributed by atoms with Crippen LogP contribution in [0.3, 0.4) is 0 Å². The molecule has 0 atom stereocenters. The first-order valence-corrected chi connectivity index (χ1v) is 7.20. The second kappa shape index (κ2) is 8.43. The quantitative estimate of drug-likeness (QED) is 0.662. The minimum atomic E-state index is -1.11. The van der Waals surface area contributed by atoms with Crippen LogP contribution in [0.25, 0.3) is 0 Å². The minimum absolute atomic E-state index is 0.174. The van der Waals surface area contributed by atoms with Gasteiger partial charge in [-0.3, -0.25) is 4.79 Å². The van der Waals surface area contributed by atoms with Gasteiger partial charge in [-0.05, 0) is 11.8 Å². The van der Waals surface area contributed by atoms with Crippen LogP contribution in [0.1, 0.15) is 5.56 Å². The van der Waals surface area contributed by atoms with Crippen molar-refractivity contribution in [3.05, 3.63) is 46.4 Å². The Morgan fingerprint density at radius 1 is 1.24 bits per heavy atom. The van der Waals surface area contributed by atoms with Crippen LogP contribution >= 0.6 is 11.8 Å². The molecule has 0 heterocycles. The summed E-state index contributed by atoms with van der Waals surface area (Å²) in [6.07, 6.45) is 1.62. The lowest BCUT2D eigenvalue weighted by atomic mass is 10.1. The number of amides is 1. The second-order valence-electron chi connectivity index (χ2n) is 3.91. The first-order chi connectivity index (χ1) is 10.2. The van der Waals surface area contributed by atoms with E-state index >= 15 is 0 Å². The van der Waals surface area contributed by atoms with Crippen molar-refractivity contribution in [1.82, 2.24) is 5.32 Å². The molecule has 0 bridgehead atoms. The number of hydrogen-bond acceptors (Lipinski definition) is 5. The zero-order chi connectivity index (χ0) is 15.7. The molecule has 0 radical (unpaired) electrons. The summed E-state index contributed by atoms with van der Waals surface area (Å²) in [6.45, 7) is 0.274. The predicted molar refractivity (Wildman–Crippen MR) is 79.2 cm³/mol. The van der Waals surface area contributed by atoms with Gasteiger partial charge in [0.15, 0.2) is 5.92 Å². The minimum Gasteiger partial charge on any atom is -0.347 e. The molecule has 21 heavy (non-hydrogen) atoms. The molecule has 1 rings (SSSR count). The van der Waals surface area contributed by atoms with Crippen LogP contribution < -0.4 is 5.32 Å². The SMILES string of the molecule is CSC(=C(C#N)C(=O)NCc1ccccc1)C(C#N)C#N. The topological polar surface area (TPSA) is 100 Å². The zero-order valence-electron chi connectivity index (χ0n) is 11.3. The van der Waals surface area contributed by atoms with Crippen LogP contribution in [0.15, 0.2) is 40.8 Å². The first kappa shape index (κ1) is 16.3. The van der Waals surface area contributed by atoms with Crippen molar-refractivity contribution in [2.75, 3.05) is 6.26 Å². The summed E-state index contributed by atoms with van der Waals surface area (Å²) in [5.41, 5.74) is 0.706. The van der Waals surface area contributed by atoms with E-state index in [4.69, 9.17) is 15.8 Å². The molecule has 104 valence electrons. The fourth-order valence-corrected chi connectivity index (χ4v) is 2.28. The van der Waals surface area contributed by atoms with Crippen molar-refractivity contribution >= 4 is 17.7 Å². The Morgan fingerprint density at radius 2 is 1.86 bits per heavy atom. The van der Waals surface area contributed by atoms with Gasteiger partial charge in [0.2, 0.25) is 0 Å². The van der Waals surface area contributed by atoms with Gasteiger partial charge in [0.05, 0.1) is 12.1 Å². The molecule has 0 aromatic heterocycles. The van der Waals surface area contributed by atoms with Crippen LogP contribution in [0.5, 0.6) is 0 Å². The predicted octanol–water partition coefficient (Wildman–Crippen LogP) is 2.11. The highest BCUT2D eigenvalue weighted by Crippen LogP contribution is 2.25. The van der Waals surface area contributed by atoms with Crippen molar-refractivity contribution < 1.29 is 4.79 Å². The molecule has 1 amide bonds. The Bertz CT molecular complexity index is 648. The number of carbonyl (C=O) groups is 1. The van der Waals surface area contributed by atoms with E-state index < -0.39 is 11.8 Å². The van der Waals surface area contributed by atoms with E-state index in [1.165, 1.54) is 0 Å². The number of rotatable bonds is 5. The summed E-state index contributed by atoms with van der Waals surface area (Å²) >= 11 is 1.06. The van der Waals surface area contributed by atoms with Crippen molar-refractivity contribution in [2.24, 2.45) is 5.92 Å². The number of carbonyl (C=O) groups excluding carboxylic acids is 1. The number of thioether (sulfide) groups is 1. The van der Waals surface area contributed by atoms with Gasteiger partial charge in [0.25, 0.3) is 5.91 Å². The van der Waals surface area contributed by atoms with E-state index in [9.17, 15) is 4.79 Å². The molecular formula is C15H12N4OS. The molecule has 6 heteroatoms. The van der Waals surface area contributed by atoms with Gasteiger partial charge in [0.1, 0.15) is 11.6 Å². The summed E-state index contributed by atoms with van der Waals surface area (Å²) in [4.78, 5) is 12.2. The third-order valence-electron chi connectivity index (χ3n) is 2.62. The Balaban J connectivity index is 2.94. The van der Waals surface area contributed by atoms with E-state index in [2.05, 4.69) is 5.32 Å². The fraction of sp³-hybridized carbons (Fsp3) is 0.200. The molecule has 0 aliphatic carbocycles. The maximum absolute atomic E-state index is 12.1. The van der Waals surface area contributed by atoms with E-state index in [1.54, 1.807) is 24.5 Å². The summed E-state index contributed by atoms with van der Waals surface area (Å²) in [7, 11) is 0. The number of nitriles is 3. The molecule has 0 aliphatic rings. The van der Waals surface area contributed by atoms with Crippen molar-refractivity contribution in [2.45, 2.75) is 6.54 Å². The van der Waals surface area contributed by atoms with Gasteiger partial charge in [-0.15, -0.1) is 11.8 Å². The summed E-state index contributed by atoms with van der Waals surface area (Å²) in [5, 5.41) is 29.6. The molecule has 1 N–H and O–H groups in total. The average molecular weight is 296 g/mol. The summed E-state index contributed by atoms with van der Waals surface area (Å²) in [5.74, 6) is -1.70. The summed E-state index contributed by atoms with van der Waals surface area (Å²) in [6, 6.07) is 14.6. The zero-order valence-corrected chi connectivity index (χ0v) is 12.1. The molecule has 1 aromatic rings. The Morgan fingerprint density at radius 3 is 2.33 bits per heavy atom. The molecule has 0 fully saturated rings. The maximum Gasteiger partial charge on any atom is 0.263 e. The highest BCUT2D eigenvalue weighted by molar-refractivity contribution is 8.02. The van der Waals surface area contributed by atoms with Crippen molar-refractivity contribution in [3.8, 4) is 18.2 Å². The van der Waals surface area contributed by atoms with Crippen LogP contribution in [0.2, 0.25) is 0 Å². The van der Waals surface area contributed by atoms with E-state index in [-0.39, 0.29) is 17.0 Å². The molecule has 5 nitrogen and oxygen atoms in total. The van der Waals surface area contributed by atoms with Crippen LogP contribution in [-0.2, 0) is 11.3 Å². The molecule has 1 aromatic carbocycles. The lowest BCUT2D eigenvalue weighted by molar-refractivity contribution is -0.117. The third-order valence-corrected chi connectivity index (χ3v) is 3.50. The number of benzene rings is 1. The first-order valence-electron chi connectivity index (χ1n) is 5.97. The van der Waals surface area contributed by atoms with Crippen molar-refractivity contribution in [1.29, 1.82) is 15.8 Å². The summed E-state index contributed by atoms with van der Waals surface area (Å²) < 4.78 is 0. The Labute approximate surface area is 127 Å². The van der Waals surface area contributed by atoms with Gasteiger partial charge in [-0.25, -0.2) is 0 Å². The van der Waals surface area contributed by atoms with E-state index in [0.717, 1.165) is 17.3 Å². The van der Waals surface area contributed by atoms with Gasteiger partial charge >= 0.3 is 0 Å². The normalized spacial score (nSPS) is 10.8. The Kier molecular flexibility index (Phi) is 6.54. The lowest BCUT2D eigenvalue weighted by Crippen LogP contribution is -2.25. The molecule has 0 aliphatic heterocycles. The number of nitrogens with one attached hydrogen (secondary N) is 1. The van der Waals surface area contributed by atoms with Gasteiger partial charge in [-0.1, -0.05) is 30.3 Å². The second-order valence-corrected chi connectivity index (χ2v) is 4.76. The maximum atomic E-state index is 12.1. The standard InChI is InChI=1S/C15H12N4OS/c1-21-14(12(7-16)8-17)13(9-18)15(20)19-10-11-5-3-2-4-6-11/h2-6,12H,10H2,1H3,(H,19,20). The molecule has 0 saturated heterocycles. The van der Waals surface area contributed by atoms with Gasteiger partial charge < -0.3 is 5.32 Å².